The number of methoxy groups -OCH3 is 2. The molecule has 0 aromatic heterocycles. The van der Waals surface area contributed by atoms with Gasteiger partial charge in [0.15, 0.2) is 11.5 Å². The third-order valence-electron chi connectivity index (χ3n) is 6.50. The smallest absolute Gasteiger partial charge is 0.264 e. The van der Waals surface area contributed by atoms with Crippen LogP contribution in [0.3, 0.4) is 0 Å². The topological polar surface area (TPSA) is 126 Å². The third kappa shape index (κ3) is 7.57. The largest absolute Gasteiger partial charge is 0.493 e. The van der Waals surface area contributed by atoms with Crippen LogP contribution in [-0.4, -0.2) is 46.7 Å². The summed E-state index contributed by atoms with van der Waals surface area (Å²) in [6, 6.07) is 26.8. The monoisotopic (exact) mass is 600 g/mol. The van der Waals surface area contributed by atoms with Crippen molar-refractivity contribution in [3.63, 3.8) is 0 Å². The molecule has 0 atom stereocenters. The summed E-state index contributed by atoms with van der Waals surface area (Å²) in [5.41, 5.74) is 5.87. The van der Waals surface area contributed by atoms with Gasteiger partial charge in [0, 0.05) is 17.3 Å². The Morgan fingerprint density at radius 1 is 0.814 bits per heavy atom. The van der Waals surface area contributed by atoms with Gasteiger partial charge in [0.05, 0.1) is 30.5 Å². The summed E-state index contributed by atoms with van der Waals surface area (Å²) in [7, 11) is -1.23. The number of hydrazone groups is 1. The summed E-state index contributed by atoms with van der Waals surface area (Å²) in [4.78, 5) is 25.5. The first-order valence-electron chi connectivity index (χ1n) is 13.2. The highest BCUT2D eigenvalue weighted by molar-refractivity contribution is 7.92. The van der Waals surface area contributed by atoms with Crippen LogP contribution in [0.2, 0.25) is 0 Å². The Hall–Kier alpha value is -5.16. The lowest BCUT2D eigenvalue weighted by molar-refractivity contribution is -0.119. The first-order valence-corrected chi connectivity index (χ1v) is 14.7. The fourth-order valence-electron chi connectivity index (χ4n) is 4.10. The molecule has 0 heterocycles. The molecule has 222 valence electrons. The first-order chi connectivity index (χ1) is 20.6. The van der Waals surface area contributed by atoms with Crippen molar-refractivity contribution in [2.45, 2.75) is 18.7 Å². The number of carbonyl (C=O) groups is 2. The van der Waals surface area contributed by atoms with Gasteiger partial charge in [0.25, 0.3) is 21.8 Å². The van der Waals surface area contributed by atoms with Crippen molar-refractivity contribution in [3.8, 4) is 11.5 Å². The van der Waals surface area contributed by atoms with Crippen molar-refractivity contribution in [1.29, 1.82) is 0 Å². The molecule has 4 aromatic rings. The minimum Gasteiger partial charge on any atom is -0.493 e. The van der Waals surface area contributed by atoms with E-state index < -0.39 is 22.5 Å². The number of hydrogen-bond donors (Lipinski definition) is 2. The number of nitrogens with one attached hydrogen (secondary N) is 2. The van der Waals surface area contributed by atoms with E-state index in [-0.39, 0.29) is 16.5 Å². The summed E-state index contributed by atoms with van der Waals surface area (Å²) in [5, 5.41) is 7.00. The van der Waals surface area contributed by atoms with Gasteiger partial charge in [-0.1, -0.05) is 48.0 Å². The van der Waals surface area contributed by atoms with E-state index in [1.165, 1.54) is 38.5 Å². The average Bonchev–Trinajstić information content (AvgIpc) is 3.03. The Bertz CT molecular complexity index is 1720. The number of anilines is 2. The van der Waals surface area contributed by atoms with Gasteiger partial charge in [-0.15, -0.1) is 0 Å². The average molecular weight is 601 g/mol. The van der Waals surface area contributed by atoms with E-state index in [2.05, 4.69) is 15.8 Å². The Labute approximate surface area is 251 Å². The highest BCUT2D eigenvalue weighted by Crippen LogP contribution is 2.33. The third-order valence-corrected chi connectivity index (χ3v) is 8.28. The molecule has 0 aliphatic heterocycles. The molecule has 2 N–H and O–H groups in total. The fraction of sp³-hybridized carbons (Fsp3) is 0.156. The number of rotatable bonds is 11. The van der Waals surface area contributed by atoms with Gasteiger partial charge in [-0.05, 0) is 67.9 Å². The van der Waals surface area contributed by atoms with Crippen LogP contribution in [0.1, 0.15) is 28.4 Å². The van der Waals surface area contributed by atoms with Crippen LogP contribution in [0.25, 0.3) is 0 Å². The molecule has 0 radical (unpaired) electrons. The van der Waals surface area contributed by atoms with E-state index in [1.807, 2.05) is 13.0 Å². The molecule has 0 spiro atoms. The molecule has 10 nitrogen and oxygen atoms in total. The maximum atomic E-state index is 13.7. The molecule has 11 heteroatoms. The van der Waals surface area contributed by atoms with E-state index in [0.717, 1.165) is 9.87 Å². The fourth-order valence-corrected chi connectivity index (χ4v) is 5.51. The van der Waals surface area contributed by atoms with E-state index >= 15 is 0 Å². The van der Waals surface area contributed by atoms with Gasteiger partial charge in [-0.2, -0.15) is 5.10 Å². The van der Waals surface area contributed by atoms with Crippen molar-refractivity contribution in [2.75, 3.05) is 30.4 Å². The zero-order valence-electron chi connectivity index (χ0n) is 24.2. The highest BCUT2D eigenvalue weighted by atomic mass is 32.2. The molecule has 0 saturated heterocycles. The second-order valence-corrected chi connectivity index (χ2v) is 11.4. The number of hydrogen-bond acceptors (Lipinski definition) is 7. The van der Waals surface area contributed by atoms with Crippen molar-refractivity contribution in [2.24, 2.45) is 5.10 Å². The lowest BCUT2D eigenvalue weighted by Gasteiger charge is -2.24. The molecular formula is C32H32N4O6S. The Balaban J connectivity index is 1.51. The van der Waals surface area contributed by atoms with Crippen LogP contribution in [0.5, 0.6) is 11.5 Å². The molecule has 0 aliphatic rings. The summed E-state index contributed by atoms with van der Waals surface area (Å²) >= 11 is 0. The van der Waals surface area contributed by atoms with E-state index in [4.69, 9.17) is 9.47 Å². The maximum absolute atomic E-state index is 13.7. The Morgan fingerprint density at radius 2 is 1.47 bits per heavy atom. The Kier molecular flexibility index (Phi) is 9.79. The number of nitrogens with zero attached hydrogens (tertiary/aromatic N) is 2. The van der Waals surface area contributed by atoms with Crippen molar-refractivity contribution in [1.82, 2.24) is 5.43 Å². The van der Waals surface area contributed by atoms with Crippen LogP contribution in [-0.2, 0) is 14.8 Å². The molecule has 0 aliphatic carbocycles. The van der Waals surface area contributed by atoms with Crippen LogP contribution < -0.4 is 24.5 Å². The van der Waals surface area contributed by atoms with Crippen molar-refractivity contribution < 1.29 is 27.5 Å². The van der Waals surface area contributed by atoms with Gasteiger partial charge >= 0.3 is 0 Å². The van der Waals surface area contributed by atoms with E-state index in [9.17, 15) is 18.0 Å². The number of benzene rings is 4. The van der Waals surface area contributed by atoms with E-state index in [0.29, 0.717) is 34.0 Å². The van der Waals surface area contributed by atoms with E-state index in [1.54, 1.807) is 73.7 Å². The summed E-state index contributed by atoms with van der Waals surface area (Å²) in [6.07, 6.45) is 0. The zero-order chi connectivity index (χ0) is 31.0. The van der Waals surface area contributed by atoms with Crippen molar-refractivity contribution in [3.05, 3.63) is 114 Å². The second-order valence-electron chi connectivity index (χ2n) is 9.49. The molecule has 43 heavy (non-hydrogen) atoms. The number of ether oxygens (including phenoxy) is 2. The lowest BCUT2D eigenvalue weighted by atomic mass is 10.1. The molecule has 0 saturated carbocycles. The standard InChI is InChI=1S/C32H32N4O6S/c1-22-10-17-28(18-11-22)43(39,40)36(27-16-19-29(41-3)30(20-27)42-4)21-31(37)35-34-23(2)24-12-14-26(15-13-24)33-32(38)25-8-6-5-7-9-25/h5-20H,21H2,1-4H3,(H,33,38)(H,35,37)/b34-23+. The number of aryl methyl sites for hydroxylation is 1. The van der Waals surface area contributed by atoms with Crippen LogP contribution in [0.4, 0.5) is 11.4 Å². The number of amides is 2. The van der Waals surface area contributed by atoms with Gasteiger partial charge < -0.3 is 14.8 Å². The summed E-state index contributed by atoms with van der Waals surface area (Å²) in [6.45, 7) is 3.00. The SMILES string of the molecule is COc1ccc(N(CC(=O)N/N=C(\C)c2ccc(NC(=O)c3ccccc3)cc2)S(=O)(=O)c2ccc(C)cc2)cc1OC. The van der Waals surface area contributed by atoms with Crippen LogP contribution in [0.15, 0.2) is 107 Å². The molecule has 4 aromatic carbocycles. The molecule has 0 fully saturated rings. The van der Waals surface area contributed by atoms with Gasteiger partial charge in [0.1, 0.15) is 6.54 Å². The maximum Gasteiger partial charge on any atom is 0.264 e. The Morgan fingerprint density at radius 3 is 2.09 bits per heavy atom. The van der Waals surface area contributed by atoms with Crippen molar-refractivity contribution >= 4 is 38.9 Å². The first kappa shape index (κ1) is 30.8. The van der Waals surface area contributed by atoms with Crippen LogP contribution >= 0.6 is 0 Å². The molecular weight excluding hydrogens is 568 g/mol. The normalized spacial score (nSPS) is 11.4. The minimum atomic E-state index is -4.14. The summed E-state index contributed by atoms with van der Waals surface area (Å²) in [5.74, 6) is -0.168. The van der Waals surface area contributed by atoms with Gasteiger partial charge in [0.2, 0.25) is 0 Å². The molecule has 4 rings (SSSR count). The quantitative estimate of drug-likeness (QED) is 0.184. The second kappa shape index (κ2) is 13.7. The molecule has 2 amide bonds. The number of sulfonamides is 1. The zero-order valence-corrected chi connectivity index (χ0v) is 25.0. The lowest BCUT2D eigenvalue weighted by Crippen LogP contribution is -2.39. The van der Waals surface area contributed by atoms with Gasteiger partial charge in [-0.3, -0.25) is 13.9 Å². The molecule has 0 unspecified atom stereocenters. The highest BCUT2D eigenvalue weighted by Gasteiger charge is 2.28. The minimum absolute atomic E-state index is 0.0276. The predicted octanol–water partition coefficient (Wildman–Crippen LogP) is 5.00. The summed E-state index contributed by atoms with van der Waals surface area (Å²) < 4.78 is 39.0. The number of carbonyl (C=O) groups excluding carboxylic acids is 2. The predicted molar refractivity (Wildman–Crippen MR) is 166 cm³/mol. The van der Waals surface area contributed by atoms with Gasteiger partial charge in [-0.25, -0.2) is 13.8 Å². The van der Waals surface area contributed by atoms with Crippen LogP contribution in [0, 0.1) is 6.92 Å². The molecule has 0 bridgehead atoms.